The van der Waals surface area contributed by atoms with Crippen LogP contribution in [0.5, 0.6) is 0 Å². The molecule has 1 aromatic carbocycles. The Hall–Kier alpha value is -2.35. The zero-order chi connectivity index (χ0) is 18.8. The Morgan fingerprint density at radius 2 is 1.92 bits per heavy atom. The molecule has 1 fully saturated rings. The molecule has 140 valence electrons. The van der Waals surface area contributed by atoms with E-state index in [2.05, 4.69) is 20.3 Å². The summed E-state index contributed by atoms with van der Waals surface area (Å²) >= 11 is 0. The van der Waals surface area contributed by atoms with Gasteiger partial charge in [-0.2, -0.15) is 15.0 Å². The van der Waals surface area contributed by atoms with Gasteiger partial charge in [0.25, 0.3) is 0 Å². The van der Waals surface area contributed by atoms with Gasteiger partial charge in [-0.1, -0.05) is 19.9 Å². The molecule has 0 spiro atoms. The van der Waals surface area contributed by atoms with Crippen LogP contribution in [0.25, 0.3) is 0 Å². The van der Waals surface area contributed by atoms with Crippen molar-refractivity contribution in [3.63, 3.8) is 0 Å². The molecule has 2 unspecified atom stereocenters. The Bertz CT molecular complexity index is 758. The van der Waals surface area contributed by atoms with E-state index >= 15 is 0 Å². The zero-order valence-corrected chi connectivity index (χ0v) is 15.3. The molecule has 0 bridgehead atoms. The minimum absolute atomic E-state index is 0.141. The van der Waals surface area contributed by atoms with Crippen molar-refractivity contribution in [3.8, 4) is 0 Å². The second kappa shape index (κ2) is 7.49. The first kappa shape index (κ1) is 18.4. The normalized spacial score (nSPS) is 19.8. The number of halogens is 2. The van der Waals surface area contributed by atoms with Crippen LogP contribution in [0.3, 0.4) is 0 Å². The second-order valence-corrected chi connectivity index (χ2v) is 6.87. The maximum atomic E-state index is 13.6. The minimum Gasteiger partial charge on any atom is -0.371 e. The Labute approximate surface area is 151 Å². The first-order valence-corrected chi connectivity index (χ1v) is 8.61. The van der Waals surface area contributed by atoms with Crippen molar-refractivity contribution < 1.29 is 13.5 Å². The smallest absolute Gasteiger partial charge is 0.229 e. The molecule has 0 amide bonds. The molecule has 26 heavy (non-hydrogen) atoms. The second-order valence-electron chi connectivity index (χ2n) is 6.87. The summed E-state index contributed by atoms with van der Waals surface area (Å²) < 4.78 is 32.5. The molecule has 0 saturated carbocycles. The topological polar surface area (TPSA) is 63.2 Å². The lowest BCUT2D eigenvalue weighted by Gasteiger charge is -2.21. The maximum absolute atomic E-state index is 13.6. The fourth-order valence-electron chi connectivity index (χ4n) is 2.82. The predicted octanol–water partition coefficient (Wildman–Crippen LogP) is 3.28. The van der Waals surface area contributed by atoms with E-state index in [1.807, 2.05) is 32.8 Å². The first-order chi connectivity index (χ1) is 12.3. The summed E-state index contributed by atoms with van der Waals surface area (Å²) in [6.45, 7) is 4.55. The van der Waals surface area contributed by atoms with Crippen LogP contribution in [0.2, 0.25) is 0 Å². The van der Waals surface area contributed by atoms with Crippen LogP contribution in [-0.2, 0) is 4.74 Å². The van der Waals surface area contributed by atoms with Gasteiger partial charge in [-0.05, 0) is 24.1 Å². The lowest BCUT2D eigenvalue weighted by Crippen LogP contribution is -2.26. The van der Waals surface area contributed by atoms with Crippen molar-refractivity contribution >= 4 is 11.9 Å². The van der Waals surface area contributed by atoms with E-state index < -0.39 is 17.7 Å². The number of ether oxygens (including phenoxy) is 1. The summed E-state index contributed by atoms with van der Waals surface area (Å²) in [7, 11) is 3.73. The average molecular weight is 363 g/mol. The highest BCUT2D eigenvalue weighted by Gasteiger charge is 2.31. The van der Waals surface area contributed by atoms with E-state index in [0.717, 1.165) is 6.07 Å². The number of nitrogens with one attached hydrogen (secondary N) is 1. The number of nitrogens with zero attached hydrogens (tertiary/aromatic N) is 4. The van der Waals surface area contributed by atoms with Gasteiger partial charge in [-0.3, -0.25) is 0 Å². The Morgan fingerprint density at radius 1 is 1.15 bits per heavy atom. The molecular formula is C18H23F2N5O. The van der Waals surface area contributed by atoms with E-state index in [9.17, 15) is 8.78 Å². The summed E-state index contributed by atoms with van der Waals surface area (Å²) in [6.07, 6.45) is 0.316. The Kier molecular flexibility index (Phi) is 5.31. The molecule has 8 heteroatoms. The largest absolute Gasteiger partial charge is 0.371 e. The van der Waals surface area contributed by atoms with Gasteiger partial charge in [0.15, 0.2) is 11.6 Å². The molecular weight excluding hydrogens is 340 g/mol. The SMILES string of the molecule is CC(C)c1nc(NC2CCOC2c2ccc(F)c(F)c2)nc(N(C)C)n1. The average Bonchev–Trinajstić information content (AvgIpc) is 3.05. The van der Waals surface area contributed by atoms with Gasteiger partial charge >= 0.3 is 0 Å². The van der Waals surface area contributed by atoms with Crippen LogP contribution in [0.1, 0.15) is 43.7 Å². The summed E-state index contributed by atoms with van der Waals surface area (Å²) in [6, 6.07) is 3.70. The van der Waals surface area contributed by atoms with Gasteiger partial charge in [0, 0.05) is 26.6 Å². The fourth-order valence-corrected chi connectivity index (χ4v) is 2.82. The van der Waals surface area contributed by atoms with Crippen molar-refractivity contribution in [2.24, 2.45) is 0 Å². The van der Waals surface area contributed by atoms with E-state index in [0.29, 0.717) is 36.3 Å². The summed E-state index contributed by atoms with van der Waals surface area (Å²) in [5.74, 6) is 0.110. The highest BCUT2D eigenvalue weighted by atomic mass is 19.2. The summed E-state index contributed by atoms with van der Waals surface area (Å²) in [5.41, 5.74) is 0.588. The van der Waals surface area contributed by atoms with Gasteiger partial charge in [-0.15, -0.1) is 0 Å². The first-order valence-electron chi connectivity index (χ1n) is 8.61. The van der Waals surface area contributed by atoms with E-state index in [1.54, 1.807) is 6.07 Å². The van der Waals surface area contributed by atoms with Crippen molar-refractivity contribution in [3.05, 3.63) is 41.2 Å². The molecule has 1 aliphatic rings. The standard InChI is InChI=1S/C18H23F2N5O/c1-10(2)16-22-17(24-18(23-16)25(3)4)21-14-7-8-26-15(14)11-5-6-12(19)13(20)9-11/h5-6,9-10,14-15H,7-8H2,1-4H3,(H,21,22,23,24). The molecule has 1 N–H and O–H groups in total. The third kappa shape index (κ3) is 3.90. The number of aromatic nitrogens is 3. The lowest BCUT2D eigenvalue weighted by molar-refractivity contribution is 0.107. The van der Waals surface area contributed by atoms with Crippen molar-refractivity contribution in [2.45, 2.75) is 38.3 Å². The number of rotatable bonds is 5. The maximum Gasteiger partial charge on any atom is 0.229 e. The highest BCUT2D eigenvalue weighted by molar-refractivity contribution is 5.38. The number of benzene rings is 1. The monoisotopic (exact) mass is 363 g/mol. The minimum atomic E-state index is -0.881. The summed E-state index contributed by atoms with van der Waals surface area (Å²) in [5, 5.41) is 3.28. The van der Waals surface area contributed by atoms with E-state index in [1.165, 1.54) is 6.07 Å². The van der Waals surface area contributed by atoms with Gasteiger partial charge in [0.2, 0.25) is 11.9 Å². The fraction of sp³-hybridized carbons (Fsp3) is 0.500. The van der Waals surface area contributed by atoms with Crippen LogP contribution >= 0.6 is 0 Å². The predicted molar refractivity (Wildman–Crippen MR) is 95.3 cm³/mol. The molecule has 0 radical (unpaired) electrons. The third-order valence-corrected chi connectivity index (χ3v) is 4.24. The number of anilines is 2. The Balaban J connectivity index is 1.86. The molecule has 2 heterocycles. The molecule has 6 nitrogen and oxygen atoms in total. The van der Waals surface area contributed by atoms with Crippen LogP contribution in [0.15, 0.2) is 18.2 Å². The quantitative estimate of drug-likeness (QED) is 0.880. The summed E-state index contributed by atoms with van der Waals surface area (Å²) in [4.78, 5) is 15.2. The van der Waals surface area contributed by atoms with Gasteiger partial charge < -0.3 is 15.0 Å². The van der Waals surface area contributed by atoms with Crippen molar-refractivity contribution in [2.75, 3.05) is 30.9 Å². The van der Waals surface area contributed by atoms with Crippen LogP contribution in [0, 0.1) is 11.6 Å². The molecule has 2 atom stereocenters. The molecule has 1 aromatic heterocycles. The third-order valence-electron chi connectivity index (χ3n) is 4.24. The van der Waals surface area contributed by atoms with Crippen molar-refractivity contribution in [1.29, 1.82) is 0 Å². The van der Waals surface area contributed by atoms with Crippen LogP contribution < -0.4 is 10.2 Å². The number of hydrogen-bond donors (Lipinski definition) is 1. The molecule has 0 aliphatic carbocycles. The van der Waals surface area contributed by atoms with E-state index in [-0.39, 0.29) is 12.0 Å². The van der Waals surface area contributed by atoms with Crippen LogP contribution in [-0.4, -0.2) is 41.7 Å². The van der Waals surface area contributed by atoms with Gasteiger partial charge in [-0.25, -0.2) is 8.78 Å². The van der Waals surface area contributed by atoms with Gasteiger partial charge in [0.05, 0.1) is 6.04 Å². The highest BCUT2D eigenvalue weighted by Crippen LogP contribution is 2.32. The van der Waals surface area contributed by atoms with E-state index in [4.69, 9.17) is 4.74 Å². The molecule has 3 rings (SSSR count). The van der Waals surface area contributed by atoms with Crippen LogP contribution in [0.4, 0.5) is 20.7 Å². The molecule has 1 saturated heterocycles. The zero-order valence-electron chi connectivity index (χ0n) is 15.3. The van der Waals surface area contributed by atoms with Crippen molar-refractivity contribution in [1.82, 2.24) is 15.0 Å². The molecule has 1 aliphatic heterocycles. The lowest BCUT2D eigenvalue weighted by atomic mass is 10.0. The van der Waals surface area contributed by atoms with Gasteiger partial charge in [0.1, 0.15) is 11.9 Å². The Morgan fingerprint density at radius 3 is 2.58 bits per heavy atom. The number of hydrogen-bond acceptors (Lipinski definition) is 6. The molecule has 2 aromatic rings.